The van der Waals surface area contributed by atoms with Crippen molar-refractivity contribution in [1.29, 1.82) is 0 Å². The Morgan fingerprint density at radius 3 is 2.81 bits per heavy atom. The molecule has 2 unspecified atom stereocenters. The fraction of sp³-hybridized carbons (Fsp3) is 0.381. The fourth-order valence-electron chi connectivity index (χ4n) is 4.17. The molecule has 1 aromatic heterocycles. The zero-order valence-corrected chi connectivity index (χ0v) is 17.3. The van der Waals surface area contributed by atoms with Gasteiger partial charge in [0, 0.05) is 49.8 Å². The van der Waals surface area contributed by atoms with E-state index >= 15 is 0 Å². The quantitative estimate of drug-likeness (QED) is 0.459. The van der Waals surface area contributed by atoms with E-state index in [0.717, 1.165) is 13.1 Å². The molecular weight excluding hydrogens is 405 g/mol. The van der Waals surface area contributed by atoms with Crippen molar-refractivity contribution < 1.29 is 14.1 Å². The predicted molar refractivity (Wildman–Crippen MR) is 114 cm³/mol. The molecule has 2 N–H and O–H groups in total. The number of nitro benzene ring substituents is 1. The van der Waals surface area contributed by atoms with Gasteiger partial charge >= 0.3 is 0 Å². The Kier molecular flexibility index (Phi) is 5.75. The van der Waals surface area contributed by atoms with Gasteiger partial charge in [0.1, 0.15) is 11.6 Å². The molecule has 0 amide bonds. The zero-order chi connectivity index (χ0) is 22.1. The molecule has 10 heteroatoms. The van der Waals surface area contributed by atoms with Gasteiger partial charge in [0.2, 0.25) is 0 Å². The molecule has 0 spiro atoms. The zero-order valence-electron chi connectivity index (χ0n) is 17.3. The molecule has 3 aromatic rings. The van der Waals surface area contributed by atoms with Gasteiger partial charge in [-0.05, 0) is 24.7 Å². The highest BCUT2D eigenvalue weighted by Gasteiger charge is 2.30. The van der Waals surface area contributed by atoms with E-state index in [1.54, 1.807) is 12.1 Å². The molecule has 0 aliphatic carbocycles. The number of fused-ring (bicyclic) bond motifs is 1. The third-order valence-electron chi connectivity index (χ3n) is 5.83. The van der Waals surface area contributed by atoms with Gasteiger partial charge in [-0.1, -0.05) is 6.07 Å². The Bertz CT molecular complexity index is 1170. The van der Waals surface area contributed by atoms with E-state index in [-0.39, 0.29) is 29.8 Å². The SMILES string of the molecule is COc1ccc(C(Cn2[nH]c3cc([N+](=O)[O-])ccc3c2=O)C2CN(C)CCN2)c(F)c1. The molecule has 1 saturated heterocycles. The van der Waals surface area contributed by atoms with Gasteiger partial charge in [0.25, 0.3) is 11.2 Å². The lowest BCUT2D eigenvalue weighted by atomic mass is 9.89. The molecule has 0 bridgehead atoms. The number of aromatic amines is 1. The summed E-state index contributed by atoms with van der Waals surface area (Å²) in [4.78, 5) is 25.6. The average molecular weight is 429 g/mol. The van der Waals surface area contributed by atoms with Crippen molar-refractivity contribution in [1.82, 2.24) is 20.0 Å². The number of likely N-dealkylation sites (N-methyl/N-ethyl adjacent to an activating group) is 1. The van der Waals surface area contributed by atoms with Crippen LogP contribution in [0.3, 0.4) is 0 Å². The first-order valence-electron chi connectivity index (χ1n) is 9.99. The molecule has 1 aliphatic rings. The van der Waals surface area contributed by atoms with Crippen LogP contribution in [0.1, 0.15) is 11.5 Å². The van der Waals surface area contributed by atoms with Gasteiger partial charge in [0.15, 0.2) is 0 Å². The van der Waals surface area contributed by atoms with Crippen LogP contribution in [0.15, 0.2) is 41.2 Å². The summed E-state index contributed by atoms with van der Waals surface area (Å²) in [6, 6.07) is 8.73. The number of hydrogen-bond acceptors (Lipinski definition) is 6. The van der Waals surface area contributed by atoms with Crippen molar-refractivity contribution in [3.63, 3.8) is 0 Å². The lowest BCUT2D eigenvalue weighted by Gasteiger charge is -2.36. The molecule has 2 atom stereocenters. The molecule has 0 saturated carbocycles. The van der Waals surface area contributed by atoms with Crippen molar-refractivity contribution in [2.24, 2.45) is 0 Å². The second kappa shape index (κ2) is 8.48. The maximum atomic E-state index is 15.0. The molecule has 9 nitrogen and oxygen atoms in total. The van der Waals surface area contributed by atoms with Crippen LogP contribution < -0.4 is 15.6 Å². The van der Waals surface area contributed by atoms with Crippen LogP contribution in [0, 0.1) is 15.9 Å². The van der Waals surface area contributed by atoms with E-state index in [0.29, 0.717) is 28.8 Å². The summed E-state index contributed by atoms with van der Waals surface area (Å²) < 4.78 is 21.5. The van der Waals surface area contributed by atoms with E-state index < -0.39 is 10.7 Å². The minimum absolute atomic E-state index is 0.0886. The highest BCUT2D eigenvalue weighted by Crippen LogP contribution is 2.29. The van der Waals surface area contributed by atoms with Crippen molar-refractivity contribution in [2.45, 2.75) is 18.5 Å². The van der Waals surface area contributed by atoms with E-state index in [2.05, 4.69) is 15.3 Å². The maximum Gasteiger partial charge on any atom is 0.274 e. The van der Waals surface area contributed by atoms with Gasteiger partial charge < -0.3 is 15.0 Å². The maximum absolute atomic E-state index is 15.0. The molecule has 1 aliphatic heterocycles. The number of nitrogens with zero attached hydrogens (tertiary/aromatic N) is 3. The first-order chi connectivity index (χ1) is 14.9. The third kappa shape index (κ3) is 4.17. The Labute approximate surface area is 177 Å². The summed E-state index contributed by atoms with van der Waals surface area (Å²) in [6.07, 6.45) is 0. The van der Waals surface area contributed by atoms with Gasteiger partial charge in [-0.2, -0.15) is 0 Å². The Hall–Kier alpha value is -3.24. The standard InChI is InChI=1S/C21H24FN5O4/c1-25-8-7-23-20(12-25)17(15-6-4-14(31-2)10-18(15)22)11-26-21(28)16-5-3-13(27(29)30)9-19(16)24-26/h3-6,9-10,17,20,23-24H,7-8,11-12H2,1-2H3. The van der Waals surface area contributed by atoms with Crippen LogP contribution in [-0.2, 0) is 6.54 Å². The Morgan fingerprint density at radius 1 is 1.32 bits per heavy atom. The minimum atomic E-state index is -0.508. The number of non-ortho nitro benzene ring substituents is 1. The van der Waals surface area contributed by atoms with Crippen molar-refractivity contribution in [3.8, 4) is 5.75 Å². The third-order valence-corrected chi connectivity index (χ3v) is 5.83. The second-order valence-electron chi connectivity index (χ2n) is 7.83. The minimum Gasteiger partial charge on any atom is -0.497 e. The van der Waals surface area contributed by atoms with Crippen LogP contribution in [0.25, 0.3) is 10.9 Å². The van der Waals surface area contributed by atoms with Crippen LogP contribution >= 0.6 is 0 Å². The average Bonchev–Trinajstić information content (AvgIpc) is 3.07. The van der Waals surface area contributed by atoms with E-state index in [9.17, 15) is 19.3 Å². The lowest BCUT2D eigenvalue weighted by Crippen LogP contribution is -2.52. The number of aromatic nitrogens is 2. The van der Waals surface area contributed by atoms with E-state index in [1.165, 1.54) is 36.1 Å². The summed E-state index contributed by atoms with van der Waals surface area (Å²) in [5.74, 6) is -0.336. The molecule has 1 fully saturated rings. The number of methoxy groups -OCH3 is 1. The summed E-state index contributed by atoms with van der Waals surface area (Å²) in [5, 5.41) is 17.8. The van der Waals surface area contributed by atoms with Crippen molar-refractivity contribution in [2.75, 3.05) is 33.8 Å². The molecule has 4 rings (SSSR count). The number of benzene rings is 2. The van der Waals surface area contributed by atoms with Crippen LogP contribution in [-0.4, -0.2) is 59.4 Å². The van der Waals surface area contributed by atoms with Crippen molar-refractivity contribution in [3.05, 3.63) is 68.2 Å². The van der Waals surface area contributed by atoms with Crippen molar-refractivity contribution >= 4 is 16.6 Å². The molecular formula is C21H24FN5O4. The number of nitrogens with one attached hydrogen (secondary N) is 2. The van der Waals surface area contributed by atoms with E-state index in [4.69, 9.17) is 4.74 Å². The predicted octanol–water partition coefficient (Wildman–Crippen LogP) is 2.07. The second-order valence-corrected chi connectivity index (χ2v) is 7.83. The number of ether oxygens (including phenoxy) is 1. The Balaban J connectivity index is 1.75. The van der Waals surface area contributed by atoms with Crippen LogP contribution in [0.2, 0.25) is 0 Å². The molecule has 2 aromatic carbocycles. The number of halogens is 1. The van der Waals surface area contributed by atoms with Crippen LogP contribution in [0.5, 0.6) is 5.75 Å². The van der Waals surface area contributed by atoms with E-state index in [1.807, 2.05) is 7.05 Å². The number of hydrogen-bond donors (Lipinski definition) is 2. The summed E-state index contributed by atoms with van der Waals surface area (Å²) in [7, 11) is 3.48. The topological polar surface area (TPSA) is 105 Å². The fourth-order valence-corrected chi connectivity index (χ4v) is 4.17. The van der Waals surface area contributed by atoms with Gasteiger partial charge in [0.05, 0.1) is 29.5 Å². The lowest BCUT2D eigenvalue weighted by molar-refractivity contribution is -0.384. The summed E-state index contributed by atoms with van der Waals surface area (Å²) in [5.41, 5.74) is 0.453. The first kappa shape index (κ1) is 21.0. The number of piperazine rings is 1. The molecule has 31 heavy (non-hydrogen) atoms. The van der Waals surface area contributed by atoms with Gasteiger partial charge in [-0.3, -0.25) is 24.7 Å². The number of H-pyrrole nitrogens is 1. The number of rotatable bonds is 6. The van der Waals surface area contributed by atoms with Crippen LogP contribution in [0.4, 0.5) is 10.1 Å². The molecule has 164 valence electrons. The smallest absolute Gasteiger partial charge is 0.274 e. The molecule has 2 heterocycles. The highest BCUT2D eigenvalue weighted by molar-refractivity contribution is 5.80. The summed E-state index contributed by atoms with van der Waals surface area (Å²) in [6.45, 7) is 2.51. The van der Waals surface area contributed by atoms with Gasteiger partial charge in [-0.15, -0.1) is 0 Å². The molecule has 0 radical (unpaired) electrons. The van der Waals surface area contributed by atoms with Gasteiger partial charge in [-0.25, -0.2) is 4.39 Å². The summed E-state index contributed by atoms with van der Waals surface area (Å²) >= 11 is 0. The first-order valence-corrected chi connectivity index (χ1v) is 9.99. The highest BCUT2D eigenvalue weighted by atomic mass is 19.1. The normalized spacial score (nSPS) is 18.2. The largest absolute Gasteiger partial charge is 0.497 e. The number of nitro groups is 1. The monoisotopic (exact) mass is 429 g/mol. The Morgan fingerprint density at radius 2 is 2.13 bits per heavy atom.